The van der Waals surface area contributed by atoms with Crippen molar-refractivity contribution < 1.29 is 5.11 Å². The van der Waals surface area contributed by atoms with Gasteiger partial charge in [-0.15, -0.1) is 0 Å². The van der Waals surface area contributed by atoms with Crippen molar-refractivity contribution in [3.63, 3.8) is 0 Å². The minimum atomic E-state index is 0.175. The van der Waals surface area contributed by atoms with Crippen molar-refractivity contribution in [2.24, 2.45) is 0 Å². The normalized spacial score (nSPS) is 8.75. The van der Waals surface area contributed by atoms with Gasteiger partial charge in [-0.2, -0.15) is 0 Å². The van der Waals surface area contributed by atoms with E-state index in [0.717, 1.165) is 5.56 Å². The van der Waals surface area contributed by atoms with Crippen LogP contribution in [0.4, 0.5) is 0 Å². The second kappa shape index (κ2) is 5.28. The Hall–Kier alpha value is -0.400. The molecule has 0 atom stereocenters. The molecule has 0 radical (unpaired) electrons. The lowest BCUT2D eigenvalue weighted by Gasteiger charge is -1.99. The second-order valence-electron chi connectivity index (χ2n) is 2.05. The number of aryl methyl sites for hydroxylation is 1. The van der Waals surface area contributed by atoms with Crippen molar-refractivity contribution in [1.29, 1.82) is 0 Å². The lowest BCUT2D eigenvalue weighted by Crippen LogP contribution is -1.75. The molecule has 0 heterocycles. The molecule has 1 aromatic rings. The van der Waals surface area contributed by atoms with Crippen molar-refractivity contribution >= 4 is 23.2 Å². The maximum atomic E-state index is 9.08. The Bertz CT molecular complexity index is 209. The number of aromatic hydroxyl groups is 1. The Labute approximate surface area is 82.9 Å². The van der Waals surface area contributed by atoms with Gasteiger partial charge in [0, 0.05) is 6.07 Å². The summed E-state index contributed by atoms with van der Waals surface area (Å²) in [5.41, 5.74) is 0.731. The largest absolute Gasteiger partial charge is 0.508 e. The molecule has 1 aromatic carbocycles. The van der Waals surface area contributed by atoms with Crippen LogP contribution in [0.25, 0.3) is 0 Å². The van der Waals surface area contributed by atoms with Gasteiger partial charge in [0.05, 0.1) is 10.0 Å². The minimum Gasteiger partial charge on any atom is -0.508 e. The van der Waals surface area contributed by atoms with Gasteiger partial charge in [-0.3, -0.25) is 0 Å². The molecular formula is C9H12Cl2O. The van der Waals surface area contributed by atoms with E-state index in [4.69, 9.17) is 28.3 Å². The zero-order valence-electron chi connectivity index (χ0n) is 7.36. The molecule has 0 aliphatic rings. The van der Waals surface area contributed by atoms with Gasteiger partial charge in [0.1, 0.15) is 5.75 Å². The summed E-state index contributed by atoms with van der Waals surface area (Å²) in [7, 11) is 0. The van der Waals surface area contributed by atoms with Crippen LogP contribution < -0.4 is 0 Å². The van der Waals surface area contributed by atoms with E-state index in [1.165, 1.54) is 6.07 Å². The summed E-state index contributed by atoms with van der Waals surface area (Å²) < 4.78 is 0. The average molecular weight is 207 g/mol. The van der Waals surface area contributed by atoms with Crippen molar-refractivity contribution in [1.82, 2.24) is 0 Å². The van der Waals surface area contributed by atoms with E-state index < -0.39 is 0 Å². The van der Waals surface area contributed by atoms with E-state index in [1.807, 2.05) is 13.8 Å². The number of phenols is 1. The fraction of sp³-hybridized carbons (Fsp3) is 0.333. The number of hydrogen-bond acceptors (Lipinski definition) is 1. The molecule has 0 aliphatic carbocycles. The van der Waals surface area contributed by atoms with Crippen LogP contribution in [-0.2, 0) is 0 Å². The third kappa shape index (κ3) is 2.92. The van der Waals surface area contributed by atoms with Crippen LogP contribution in [0.15, 0.2) is 12.1 Å². The Balaban J connectivity index is 0.000000561. The molecular weight excluding hydrogens is 195 g/mol. The molecule has 1 nitrogen and oxygen atoms in total. The first-order chi connectivity index (χ1) is 5.61. The molecule has 0 saturated carbocycles. The summed E-state index contributed by atoms with van der Waals surface area (Å²) in [6, 6.07) is 3.05. The first-order valence-electron chi connectivity index (χ1n) is 3.76. The highest BCUT2D eigenvalue weighted by Crippen LogP contribution is 2.28. The zero-order chi connectivity index (χ0) is 9.72. The molecule has 0 spiro atoms. The van der Waals surface area contributed by atoms with E-state index in [0.29, 0.717) is 10.0 Å². The first kappa shape index (κ1) is 11.6. The van der Waals surface area contributed by atoms with E-state index in [9.17, 15) is 0 Å². The molecule has 68 valence electrons. The van der Waals surface area contributed by atoms with E-state index >= 15 is 0 Å². The zero-order valence-corrected chi connectivity index (χ0v) is 8.87. The Morgan fingerprint density at radius 1 is 1.08 bits per heavy atom. The number of phenolic OH excluding ortho intramolecular Hbond substituents is 1. The van der Waals surface area contributed by atoms with Gasteiger partial charge in [0.2, 0.25) is 0 Å². The summed E-state index contributed by atoms with van der Waals surface area (Å²) in [6.07, 6.45) is 0. The molecule has 0 aliphatic heterocycles. The van der Waals surface area contributed by atoms with Crippen LogP contribution in [0, 0.1) is 6.92 Å². The van der Waals surface area contributed by atoms with Gasteiger partial charge >= 0.3 is 0 Å². The standard InChI is InChI=1S/C7H6Cl2O.C2H6/c1-4-2-5(8)6(9)3-7(4)10;1-2/h2-3,10H,1H3;1-2H3. The maximum absolute atomic E-state index is 9.08. The number of rotatable bonds is 0. The third-order valence-electron chi connectivity index (χ3n) is 1.24. The lowest BCUT2D eigenvalue weighted by atomic mass is 10.2. The molecule has 3 heteroatoms. The summed E-state index contributed by atoms with van der Waals surface area (Å²) >= 11 is 11.2. The molecule has 0 aromatic heterocycles. The number of hydrogen-bond donors (Lipinski definition) is 1. The SMILES string of the molecule is CC.Cc1cc(Cl)c(Cl)cc1O. The molecule has 0 unspecified atom stereocenters. The highest BCUT2D eigenvalue weighted by Gasteiger charge is 2.01. The third-order valence-corrected chi connectivity index (χ3v) is 1.96. The summed E-state index contributed by atoms with van der Waals surface area (Å²) in [6.45, 7) is 5.76. The Morgan fingerprint density at radius 2 is 1.50 bits per heavy atom. The number of benzene rings is 1. The monoisotopic (exact) mass is 206 g/mol. The number of halogens is 2. The van der Waals surface area contributed by atoms with Crippen molar-refractivity contribution in [3.8, 4) is 5.75 Å². The minimum absolute atomic E-state index is 0.175. The maximum Gasteiger partial charge on any atom is 0.120 e. The highest BCUT2D eigenvalue weighted by molar-refractivity contribution is 6.42. The van der Waals surface area contributed by atoms with Gasteiger partial charge < -0.3 is 5.11 Å². The first-order valence-corrected chi connectivity index (χ1v) is 4.51. The van der Waals surface area contributed by atoms with Crippen LogP contribution in [0.5, 0.6) is 5.75 Å². The van der Waals surface area contributed by atoms with Gasteiger partial charge in [0.15, 0.2) is 0 Å². The lowest BCUT2D eigenvalue weighted by molar-refractivity contribution is 0.471. The Kier molecular flexibility index (Phi) is 5.11. The summed E-state index contributed by atoms with van der Waals surface area (Å²) in [5, 5.41) is 9.93. The van der Waals surface area contributed by atoms with Crippen LogP contribution in [0.2, 0.25) is 10.0 Å². The van der Waals surface area contributed by atoms with Gasteiger partial charge in [-0.05, 0) is 18.6 Å². The van der Waals surface area contributed by atoms with Crippen molar-refractivity contribution in [2.45, 2.75) is 20.8 Å². The van der Waals surface area contributed by atoms with Gasteiger partial charge in [-0.1, -0.05) is 37.0 Å². The molecule has 1 N–H and O–H groups in total. The summed E-state index contributed by atoms with van der Waals surface area (Å²) in [4.78, 5) is 0. The predicted octanol–water partition coefficient (Wildman–Crippen LogP) is 4.03. The smallest absolute Gasteiger partial charge is 0.120 e. The van der Waals surface area contributed by atoms with Crippen LogP contribution in [-0.4, -0.2) is 5.11 Å². The van der Waals surface area contributed by atoms with Crippen LogP contribution >= 0.6 is 23.2 Å². The quantitative estimate of drug-likeness (QED) is 0.680. The average Bonchev–Trinajstić information content (AvgIpc) is 2.05. The Morgan fingerprint density at radius 3 is 1.92 bits per heavy atom. The van der Waals surface area contributed by atoms with E-state index in [2.05, 4.69) is 0 Å². The topological polar surface area (TPSA) is 20.2 Å². The van der Waals surface area contributed by atoms with Gasteiger partial charge in [-0.25, -0.2) is 0 Å². The molecule has 1 rings (SSSR count). The molecule has 0 saturated heterocycles. The molecule has 0 amide bonds. The van der Waals surface area contributed by atoms with Crippen LogP contribution in [0.1, 0.15) is 19.4 Å². The molecule has 0 bridgehead atoms. The molecule has 0 fully saturated rings. The van der Waals surface area contributed by atoms with Gasteiger partial charge in [0.25, 0.3) is 0 Å². The molecule has 12 heavy (non-hydrogen) atoms. The van der Waals surface area contributed by atoms with Crippen molar-refractivity contribution in [2.75, 3.05) is 0 Å². The highest BCUT2D eigenvalue weighted by atomic mass is 35.5. The summed E-state index contributed by atoms with van der Waals surface area (Å²) in [5.74, 6) is 0.175. The van der Waals surface area contributed by atoms with E-state index in [-0.39, 0.29) is 5.75 Å². The van der Waals surface area contributed by atoms with E-state index in [1.54, 1.807) is 13.0 Å². The second-order valence-corrected chi connectivity index (χ2v) is 2.87. The predicted molar refractivity (Wildman–Crippen MR) is 54.2 cm³/mol. The van der Waals surface area contributed by atoms with Crippen LogP contribution in [0.3, 0.4) is 0 Å². The fourth-order valence-corrected chi connectivity index (χ4v) is 1.01. The van der Waals surface area contributed by atoms with Crippen molar-refractivity contribution in [3.05, 3.63) is 27.7 Å². The fourth-order valence-electron chi connectivity index (χ4n) is 0.636.